The number of oxazole rings is 1. The van der Waals surface area contributed by atoms with Crippen LogP contribution in [-0.4, -0.2) is 42.5 Å². The summed E-state index contributed by atoms with van der Waals surface area (Å²) >= 11 is 0. The first-order valence-corrected chi connectivity index (χ1v) is 9.65. The lowest BCUT2D eigenvalue weighted by Gasteiger charge is -2.29. The molecule has 0 saturated carbocycles. The van der Waals surface area contributed by atoms with Crippen molar-refractivity contribution in [3.8, 4) is 5.75 Å². The fourth-order valence-electron chi connectivity index (χ4n) is 3.76. The van der Waals surface area contributed by atoms with Crippen LogP contribution in [-0.2, 0) is 4.79 Å². The second kappa shape index (κ2) is 8.02. The summed E-state index contributed by atoms with van der Waals surface area (Å²) in [6.07, 6.45) is 1.88. The number of piperidine rings is 1. The largest absolute Gasteiger partial charge is 0.495 e. The number of ether oxygens (including phenoxy) is 1. The van der Waals surface area contributed by atoms with Crippen molar-refractivity contribution in [2.45, 2.75) is 25.7 Å². The molecule has 4 rings (SSSR count). The molecule has 1 fully saturated rings. The minimum atomic E-state index is -0.0274. The highest BCUT2D eigenvalue weighted by Crippen LogP contribution is 2.31. The molecular formula is C22H25N3O3. The van der Waals surface area contributed by atoms with Crippen LogP contribution < -0.4 is 10.1 Å². The van der Waals surface area contributed by atoms with Crippen molar-refractivity contribution in [1.29, 1.82) is 0 Å². The summed E-state index contributed by atoms with van der Waals surface area (Å²) < 4.78 is 11.3. The molecule has 0 radical (unpaired) electrons. The molecule has 1 aliphatic heterocycles. The number of hydrogen-bond donors (Lipinski definition) is 1. The summed E-state index contributed by atoms with van der Waals surface area (Å²) in [5, 5.41) is 2.94. The number of aromatic nitrogens is 1. The van der Waals surface area contributed by atoms with Crippen LogP contribution in [0.4, 0.5) is 5.69 Å². The Morgan fingerprint density at radius 1 is 1.21 bits per heavy atom. The Morgan fingerprint density at radius 2 is 2.00 bits per heavy atom. The minimum absolute atomic E-state index is 0.0274. The van der Waals surface area contributed by atoms with Crippen LogP contribution in [0.3, 0.4) is 0 Å². The van der Waals surface area contributed by atoms with E-state index < -0.39 is 0 Å². The van der Waals surface area contributed by atoms with Crippen LogP contribution in [0.1, 0.15) is 30.2 Å². The van der Waals surface area contributed by atoms with E-state index >= 15 is 0 Å². The Morgan fingerprint density at radius 3 is 2.75 bits per heavy atom. The van der Waals surface area contributed by atoms with E-state index in [1.54, 1.807) is 7.11 Å². The van der Waals surface area contributed by atoms with Crippen LogP contribution >= 0.6 is 0 Å². The number of hydrogen-bond acceptors (Lipinski definition) is 5. The fourth-order valence-corrected chi connectivity index (χ4v) is 3.76. The molecule has 0 unspecified atom stereocenters. The van der Waals surface area contributed by atoms with Crippen molar-refractivity contribution in [1.82, 2.24) is 9.88 Å². The standard InChI is InChI=1S/C22H25N3O3/c1-15-6-5-8-18-21(15)28-22(24-18)16-10-12-25(13-11-16)14-20(26)23-17-7-3-4-9-19(17)27-2/h3-9,16H,10-14H2,1-2H3,(H,23,26). The predicted octanol–water partition coefficient (Wildman–Crippen LogP) is 3.96. The van der Waals surface area contributed by atoms with E-state index in [1.165, 1.54) is 0 Å². The molecule has 6 heteroatoms. The Bertz CT molecular complexity index is 974. The molecule has 2 heterocycles. The first kappa shape index (κ1) is 18.5. The van der Waals surface area contributed by atoms with E-state index in [2.05, 4.69) is 15.2 Å². The first-order valence-electron chi connectivity index (χ1n) is 9.65. The van der Waals surface area contributed by atoms with Gasteiger partial charge in [0.2, 0.25) is 5.91 Å². The molecule has 2 aromatic carbocycles. The van der Waals surface area contributed by atoms with Gasteiger partial charge in [-0.2, -0.15) is 0 Å². The van der Waals surface area contributed by atoms with Crippen LogP contribution in [0, 0.1) is 6.92 Å². The molecule has 3 aromatic rings. The van der Waals surface area contributed by atoms with Crippen molar-refractivity contribution in [3.05, 3.63) is 53.9 Å². The van der Waals surface area contributed by atoms with Gasteiger partial charge in [0.15, 0.2) is 11.5 Å². The number of anilines is 1. The number of methoxy groups -OCH3 is 1. The molecule has 1 amide bonds. The second-order valence-corrected chi connectivity index (χ2v) is 7.27. The molecule has 1 aromatic heterocycles. The zero-order valence-corrected chi connectivity index (χ0v) is 16.3. The summed E-state index contributed by atoms with van der Waals surface area (Å²) in [5.41, 5.74) is 3.62. The summed E-state index contributed by atoms with van der Waals surface area (Å²) in [6.45, 7) is 4.11. The lowest BCUT2D eigenvalue weighted by Crippen LogP contribution is -2.38. The number of para-hydroxylation sites is 3. The molecule has 0 bridgehead atoms. The smallest absolute Gasteiger partial charge is 0.238 e. The van der Waals surface area contributed by atoms with E-state index in [4.69, 9.17) is 9.15 Å². The summed E-state index contributed by atoms with van der Waals surface area (Å²) in [7, 11) is 1.60. The zero-order chi connectivity index (χ0) is 19.5. The summed E-state index contributed by atoms with van der Waals surface area (Å²) in [6, 6.07) is 13.5. The van der Waals surface area contributed by atoms with Crippen molar-refractivity contribution < 1.29 is 13.9 Å². The molecule has 0 aliphatic carbocycles. The maximum atomic E-state index is 12.4. The maximum Gasteiger partial charge on any atom is 0.238 e. The van der Waals surface area contributed by atoms with Crippen LogP contribution in [0.5, 0.6) is 5.75 Å². The SMILES string of the molecule is COc1ccccc1NC(=O)CN1CCC(c2nc3cccc(C)c3o2)CC1. The van der Waals surface area contributed by atoms with Crippen molar-refractivity contribution in [3.63, 3.8) is 0 Å². The number of fused-ring (bicyclic) bond motifs is 1. The molecule has 1 aliphatic rings. The molecule has 146 valence electrons. The number of benzene rings is 2. The summed E-state index contributed by atoms with van der Waals surface area (Å²) in [4.78, 5) is 19.3. The topological polar surface area (TPSA) is 67.6 Å². The van der Waals surface area contributed by atoms with E-state index in [-0.39, 0.29) is 5.91 Å². The highest BCUT2D eigenvalue weighted by atomic mass is 16.5. The van der Waals surface area contributed by atoms with Gasteiger partial charge in [-0.05, 0) is 56.6 Å². The van der Waals surface area contributed by atoms with E-state index in [0.29, 0.717) is 23.9 Å². The molecular weight excluding hydrogens is 354 g/mol. The molecule has 28 heavy (non-hydrogen) atoms. The van der Waals surface area contributed by atoms with Gasteiger partial charge in [-0.15, -0.1) is 0 Å². The monoisotopic (exact) mass is 379 g/mol. The number of carbonyl (C=O) groups excluding carboxylic acids is 1. The number of amides is 1. The normalized spacial score (nSPS) is 15.6. The number of likely N-dealkylation sites (tertiary alicyclic amines) is 1. The van der Waals surface area contributed by atoms with Gasteiger partial charge in [0.25, 0.3) is 0 Å². The number of nitrogens with one attached hydrogen (secondary N) is 1. The Labute approximate surface area is 164 Å². The van der Waals surface area contributed by atoms with Crippen molar-refractivity contribution in [2.24, 2.45) is 0 Å². The highest BCUT2D eigenvalue weighted by Gasteiger charge is 2.26. The Balaban J connectivity index is 1.33. The van der Waals surface area contributed by atoms with E-state index in [9.17, 15) is 4.79 Å². The lowest BCUT2D eigenvalue weighted by atomic mass is 9.97. The predicted molar refractivity (Wildman–Crippen MR) is 109 cm³/mol. The quantitative estimate of drug-likeness (QED) is 0.727. The molecule has 1 N–H and O–H groups in total. The Hall–Kier alpha value is -2.86. The average molecular weight is 379 g/mol. The highest BCUT2D eigenvalue weighted by molar-refractivity contribution is 5.93. The van der Waals surface area contributed by atoms with Gasteiger partial charge in [0.1, 0.15) is 11.3 Å². The maximum absolute atomic E-state index is 12.4. The second-order valence-electron chi connectivity index (χ2n) is 7.27. The van der Waals surface area contributed by atoms with Crippen LogP contribution in [0.15, 0.2) is 46.9 Å². The zero-order valence-electron chi connectivity index (χ0n) is 16.3. The fraction of sp³-hybridized carbons (Fsp3) is 0.364. The van der Waals surface area contributed by atoms with Gasteiger partial charge in [0, 0.05) is 5.92 Å². The number of aryl methyl sites for hydroxylation is 1. The molecule has 6 nitrogen and oxygen atoms in total. The lowest BCUT2D eigenvalue weighted by molar-refractivity contribution is -0.117. The Kier molecular flexibility index (Phi) is 5.30. The van der Waals surface area contributed by atoms with Gasteiger partial charge >= 0.3 is 0 Å². The third kappa shape index (κ3) is 3.87. The number of rotatable bonds is 5. The van der Waals surface area contributed by atoms with Gasteiger partial charge in [0.05, 0.1) is 19.3 Å². The van der Waals surface area contributed by atoms with Crippen molar-refractivity contribution in [2.75, 3.05) is 32.1 Å². The first-order chi connectivity index (χ1) is 13.6. The van der Waals surface area contributed by atoms with Crippen LogP contribution in [0.25, 0.3) is 11.1 Å². The van der Waals surface area contributed by atoms with Crippen molar-refractivity contribution >= 4 is 22.7 Å². The van der Waals surface area contributed by atoms with Gasteiger partial charge in [-0.3, -0.25) is 9.69 Å². The van der Waals surface area contributed by atoms with Crippen LogP contribution in [0.2, 0.25) is 0 Å². The summed E-state index contributed by atoms with van der Waals surface area (Å²) in [5.74, 6) is 1.77. The van der Waals surface area contributed by atoms with E-state index in [1.807, 2.05) is 49.4 Å². The molecule has 1 saturated heterocycles. The average Bonchev–Trinajstić information content (AvgIpc) is 3.15. The van der Waals surface area contributed by atoms with E-state index in [0.717, 1.165) is 48.5 Å². The number of nitrogens with zero attached hydrogens (tertiary/aromatic N) is 2. The third-order valence-corrected chi connectivity index (χ3v) is 5.31. The molecule has 0 atom stereocenters. The number of carbonyl (C=O) groups is 1. The minimum Gasteiger partial charge on any atom is -0.495 e. The van der Waals surface area contributed by atoms with Gasteiger partial charge in [-0.1, -0.05) is 24.3 Å². The van der Waals surface area contributed by atoms with Gasteiger partial charge in [-0.25, -0.2) is 4.98 Å². The third-order valence-electron chi connectivity index (χ3n) is 5.31. The van der Waals surface area contributed by atoms with Gasteiger partial charge < -0.3 is 14.5 Å². The molecule has 0 spiro atoms.